The average molecular weight is 391 g/mol. The maximum atomic E-state index is 12.2. The van der Waals surface area contributed by atoms with Gasteiger partial charge in [-0.05, 0) is 42.6 Å². The van der Waals surface area contributed by atoms with Crippen LogP contribution in [-0.4, -0.2) is 56.9 Å². The zero-order valence-electron chi connectivity index (χ0n) is 15.6. The highest BCUT2D eigenvalue weighted by Crippen LogP contribution is 2.25. The van der Waals surface area contributed by atoms with Crippen LogP contribution >= 0.6 is 11.3 Å². The first-order valence-electron chi connectivity index (χ1n) is 9.24. The van der Waals surface area contributed by atoms with Crippen molar-refractivity contribution in [2.45, 2.75) is 13.0 Å². The Balaban J connectivity index is 1.48. The summed E-state index contributed by atoms with van der Waals surface area (Å²) in [5, 5.41) is 5.07. The van der Waals surface area contributed by atoms with Crippen LogP contribution in [0.3, 0.4) is 0 Å². The largest absolute Gasteiger partial charge is 0.494 e. The molecule has 0 unspecified atom stereocenters. The summed E-state index contributed by atoms with van der Waals surface area (Å²) >= 11 is 1.71. The van der Waals surface area contributed by atoms with Crippen LogP contribution in [0, 0.1) is 0 Å². The Morgan fingerprint density at radius 2 is 1.89 bits per heavy atom. The fourth-order valence-electron chi connectivity index (χ4n) is 2.99. The van der Waals surface area contributed by atoms with E-state index in [0.717, 1.165) is 32.1 Å². The Morgan fingerprint density at radius 1 is 1.19 bits per heavy atom. The van der Waals surface area contributed by atoms with Gasteiger partial charge in [-0.25, -0.2) is 0 Å². The molecule has 1 aliphatic rings. The van der Waals surface area contributed by atoms with Crippen molar-refractivity contribution >= 4 is 17.2 Å². The lowest BCUT2D eigenvalue weighted by Gasteiger charge is -2.34. The molecule has 2 aromatic rings. The predicted octanol–water partition coefficient (Wildman–Crippen LogP) is 2.72. The summed E-state index contributed by atoms with van der Waals surface area (Å²) in [6.45, 7) is 6.34. The molecule has 1 aliphatic heterocycles. The highest BCUT2D eigenvalue weighted by Gasteiger charge is 2.23. The van der Waals surface area contributed by atoms with Crippen LogP contribution in [0.4, 0.5) is 0 Å². The molecule has 1 saturated heterocycles. The summed E-state index contributed by atoms with van der Waals surface area (Å²) < 4.78 is 16.4. The molecule has 27 heavy (non-hydrogen) atoms. The molecule has 1 N–H and O–H groups in total. The number of carbonyl (C=O) groups is 1. The highest BCUT2D eigenvalue weighted by atomic mass is 32.1. The second kappa shape index (κ2) is 10.3. The van der Waals surface area contributed by atoms with Gasteiger partial charge in [0.25, 0.3) is 5.91 Å². The van der Waals surface area contributed by atoms with Gasteiger partial charge in [0.15, 0.2) is 6.61 Å². The Labute approximate surface area is 164 Å². The topological polar surface area (TPSA) is 60.0 Å². The van der Waals surface area contributed by atoms with Crippen molar-refractivity contribution < 1.29 is 19.0 Å². The van der Waals surface area contributed by atoms with E-state index in [4.69, 9.17) is 14.2 Å². The van der Waals surface area contributed by atoms with Gasteiger partial charge >= 0.3 is 0 Å². The number of rotatable bonds is 9. The second-order valence-electron chi connectivity index (χ2n) is 6.18. The Bertz CT molecular complexity index is 685. The molecule has 7 heteroatoms. The number of morpholine rings is 1. The lowest BCUT2D eigenvalue weighted by atomic mass is 10.2. The number of carbonyl (C=O) groups excluding carboxylic acids is 1. The van der Waals surface area contributed by atoms with Gasteiger partial charge in [0.05, 0.1) is 25.9 Å². The van der Waals surface area contributed by atoms with Gasteiger partial charge < -0.3 is 19.5 Å². The Kier molecular flexibility index (Phi) is 7.50. The van der Waals surface area contributed by atoms with Crippen molar-refractivity contribution in [2.75, 3.05) is 46.1 Å². The quantitative estimate of drug-likeness (QED) is 0.713. The van der Waals surface area contributed by atoms with Crippen molar-refractivity contribution in [3.8, 4) is 11.5 Å². The zero-order valence-corrected chi connectivity index (χ0v) is 16.4. The fourth-order valence-corrected chi connectivity index (χ4v) is 3.85. The van der Waals surface area contributed by atoms with Gasteiger partial charge in [-0.3, -0.25) is 9.69 Å². The summed E-state index contributed by atoms with van der Waals surface area (Å²) in [6.07, 6.45) is 0. The van der Waals surface area contributed by atoms with Crippen molar-refractivity contribution in [1.29, 1.82) is 0 Å². The molecule has 1 aromatic heterocycles. The number of ether oxygens (including phenoxy) is 3. The molecule has 6 nitrogen and oxygen atoms in total. The molecule has 1 aromatic carbocycles. The molecule has 2 heterocycles. The van der Waals surface area contributed by atoms with Crippen LogP contribution in [0.1, 0.15) is 17.8 Å². The standard InChI is InChI=1S/C20H26N2O4S/c1-2-25-16-5-7-17(8-6-16)26-15-20(23)21-14-18(19-4-3-13-27-19)22-9-11-24-12-10-22/h3-8,13,18H,2,9-12,14-15H2,1H3,(H,21,23)/t18-/m0/s1. The molecule has 0 spiro atoms. The van der Waals surface area contributed by atoms with E-state index in [1.54, 1.807) is 23.5 Å². The fraction of sp³-hybridized carbons (Fsp3) is 0.450. The number of thiophene rings is 1. The molecule has 0 aliphatic carbocycles. The van der Waals surface area contributed by atoms with E-state index < -0.39 is 0 Å². The maximum absolute atomic E-state index is 12.2. The zero-order chi connectivity index (χ0) is 18.9. The molecule has 1 fully saturated rings. The minimum absolute atomic E-state index is 0.00570. The molecule has 146 valence electrons. The van der Waals surface area contributed by atoms with Gasteiger partial charge in [-0.2, -0.15) is 0 Å². The number of nitrogens with one attached hydrogen (secondary N) is 1. The third-order valence-corrected chi connectivity index (χ3v) is 5.33. The summed E-state index contributed by atoms with van der Waals surface area (Å²) in [5.74, 6) is 1.31. The van der Waals surface area contributed by atoms with Crippen molar-refractivity contribution in [3.05, 3.63) is 46.7 Å². The lowest BCUT2D eigenvalue weighted by Crippen LogP contribution is -2.44. The van der Waals surface area contributed by atoms with Gasteiger partial charge in [0.2, 0.25) is 0 Å². The Hall–Kier alpha value is -2.09. The normalized spacial score (nSPS) is 15.9. The van der Waals surface area contributed by atoms with Gasteiger partial charge in [-0.1, -0.05) is 6.07 Å². The first kappa shape index (κ1) is 19.7. The second-order valence-corrected chi connectivity index (χ2v) is 7.16. The first-order chi connectivity index (χ1) is 13.3. The van der Waals surface area contributed by atoms with Crippen LogP contribution < -0.4 is 14.8 Å². The first-order valence-corrected chi connectivity index (χ1v) is 10.1. The van der Waals surface area contributed by atoms with Crippen LogP contribution in [0.5, 0.6) is 11.5 Å². The summed E-state index contributed by atoms with van der Waals surface area (Å²) in [5.41, 5.74) is 0. The van der Waals surface area contributed by atoms with Crippen molar-refractivity contribution in [1.82, 2.24) is 10.2 Å². The molecule has 0 saturated carbocycles. The SMILES string of the molecule is CCOc1ccc(OCC(=O)NC[C@@H](c2cccs2)N2CCOCC2)cc1. The highest BCUT2D eigenvalue weighted by molar-refractivity contribution is 7.10. The van der Waals surface area contributed by atoms with Crippen LogP contribution in [-0.2, 0) is 9.53 Å². The minimum Gasteiger partial charge on any atom is -0.494 e. The molecular weight excluding hydrogens is 364 g/mol. The summed E-state index contributed by atoms with van der Waals surface area (Å²) in [4.78, 5) is 15.9. The molecule has 3 rings (SSSR count). The number of amides is 1. The molecule has 0 radical (unpaired) electrons. The summed E-state index contributed by atoms with van der Waals surface area (Å²) in [6, 6.07) is 11.6. The summed E-state index contributed by atoms with van der Waals surface area (Å²) in [7, 11) is 0. The smallest absolute Gasteiger partial charge is 0.258 e. The predicted molar refractivity (Wildman–Crippen MR) is 106 cm³/mol. The number of hydrogen-bond donors (Lipinski definition) is 1. The molecule has 1 atom stereocenters. The van der Waals surface area contributed by atoms with E-state index in [1.807, 2.05) is 25.1 Å². The molecule has 0 bridgehead atoms. The van der Waals surface area contributed by atoms with E-state index >= 15 is 0 Å². The van der Waals surface area contributed by atoms with Gasteiger partial charge in [0.1, 0.15) is 11.5 Å². The number of benzene rings is 1. The van der Waals surface area contributed by atoms with Gasteiger partial charge in [0, 0.05) is 24.5 Å². The van der Waals surface area contributed by atoms with Crippen molar-refractivity contribution in [2.24, 2.45) is 0 Å². The number of nitrogens with zero attached hydrogens (tertiary/aromatic N) is 1. The van der Waals surface area contributed by atoms with E-state index in [-0.39, 0.29) is 18.6 Å². The monoisotopic (exact) mass is 390 g/mol. The molecular formula is C20H26N2O4S. The third-order valence-electron chi connectivity index (χ3n) is 4.36. The molecule has 1 amide bonds. The van der Waals surface area contributed by atoms with Crippen LogP contribution in [0.2, 0.25) is 0 Å². The van der Waals surface area contributed by atoms with Gasteiger partial charge in [-0.15, -0.1) is 11.3 Å². The van der Waals surface area contributed by atoms with E-state index in [2.05, 4.69) is 21.7 Å². The van der Waals surface area contributed by atoms with Crippen LogP contribution in [0.25, 0.3) is 0 Å². The Morgan fingerprint density at radius 3 is 2.52 bits per heavy atom. The van der Waals surface area contributed by atoms with Crippen molar-refractivity contribution in [3.63, 3.8) is 0 Å². The third kappa shape index (κ3) is 5.95. The lowest BCUT2D eigenvalue weighted by molar-refractivity contribution is -0.123. The maximum Gasteiger partial charge on any atom is 0.258 e. The van der Waals surface area contributed by atoms with Crippen LogP contribution in [0.15, 0.2) is 41.8 Å². The van der Waals surface area contributed by atoms with E-state index in [1.165, 1.54) is 4.88 Å². The minimum atomic E-state index is -0.126. The average Bonchev–Trinajstić information content (AvgIpc) is 3.23. The van der Waals surface area contributed by atoms with E-state index in [0.29, 0.717) is 18.9 Å². The number of hydrogen-bond acceptors (Lipinski definition) is 6. The van der Waals surface area contributed by atoms with E-state index in [9.17, 15) is 4.79 Å².